The molecule has 0 unspecified atom stereocenters. The third kappa shape index (κ3) is 1.84. The largest absolute Gasteiger partial charge is 0.467 e. The summed E-state index contributed by atoms with van der Waals surface area (Å²) in [5.74, 6) is 0.678. The van der Waals surface area contributed by atoms with Crippen molar-refractivity contribution < 1.29 is 4.74 Å². The standard InChI is InChI=1S/C8H13N5O/c1-14-8-12-6(9)11-7(13-8)10-5-3-2-4-5/h5H,2-4H2,1H3,(H3,9,10,11,12,13). The van der Waals surface area contributed by atoms with E-state index in [-0.39, 0.29) is 12.0 Å². The van der Waals surface area contributed by atoms with Crippen LogP contribution in [0.4, 0.5) is 11.9 Å². The molecule has 0 atom stereocenters. The molecule has 1 aromatic rings. The van der Waals surface area contributed by atoms with Gasteiger partial charge in [-0.3, -0.25) is 0 Å². The number of methoxy groups -OCH3 is 1. The Morgan fingerprint density at radius 1 is 1.36 bits per heavy atom. The minimum atomic E-state index is 0.179. The highest BCUT2D eigenvalue weighted by Crippen LogP contribution is 2.22. The van der Waals surface area contributed by atoms with Crippen LogP contribution in [0.5, 0.6) is 6.01 Å². The maximum Gasteiger partial charge on any atom is 0.322 e. The third-order valence-corrected chi connectivity index (χ3v) is 2.25. The van der Waals surface area contributed by atoms with Crippen LogP contribution in [0.15, 0.2) is 0 Å². The molecule has 1 aliphatic carbocycles. The van der Waals surface area contributed by atoms with Gasteiger partial charge < -0.3 is 15.8 Å². The number of rotatable bonds is 3. The highest BCUT2D eigenvalue weighted by atomic mass is 16.5. The van der Waals surface area contributed by atoms with Crippen LogP contribution in [0.1, 0.15) is 19.3 Å². The summed E-state index contributed by atoms with van der Waals surface area (Å²) < 4.78 is 4.89. The SMILES string of the molecule is COc1nc(N)nc(NC2CCC2)n1. The minimum absolute atomic E-state index is 0.179. The molecule has 0 bridgehead atoms. The highest BCUT2D eigenvalue weighted by Gasteiger charge is 2.18. The highest BCUT2D eigenvalue weighted by molar-refractivity contribution is 5.33. The molecule has 6 heteroatoms. The van der Waals surface area contributed by atoms with Gasteiger partial charge in [-0.05, 0) is 19.3 Å². The Bertz CT molecular complexity index is 326. The predicted molar refractivity (Wildman–Crippen MR) is 52.1 cm³/mol. The van der Waals surface area contributed by atoms with Gasteiger partial charge in [0.15, 0.2) is 0 Å². The molecule has 1 aliphatic rings. The molecule has 0 spiro atoms. The van der Waals surface area contributed by atoms with Gasteiger partial charge >= 0.3 is 6.01 Å². The molecule has 1 fully saturated rings. The van der Waals surface area contributed by atoms with Gasteiger partial charge in [-0.25, -0.2) is 0 Å². The van der Waals surface area contributed by atoms with Crippen LogP contribution < -0.4 is 15.8 Å². The zero-order valence-electron chi connectivity index (χ0n) is 8.03. The van der Waals surface area contributed by atoms with Crippen molar-refractivity contribution >= 4 is 11.9 Å². The van der Waals surface area contributed by atoms with Crippen LogP contribution in [-0.4, -0.2) is 28.1 Å². The lowest BCUT2D eigenvalue weighted by Gasteiger charge is -2.26. The van der Waals surface area contributed by atoms with Crippen molar-refractivity contribution in [3.05, 3.63) is 0 Å². The van der Waals surface area contributed by atoms with Crippen LogP contribution >= 0.6 is 0 Å². The van der Waals surface area contributed by atoms with Gasteiger partial charge in [-0.1, -0.05) is 0 Å². The first kappa shape index (κ1) is 8.98. The van der Waals surface area contributed by atoms with Crippen molar-refractivity contribution in [2.75, 3.05) is 18.2 Å². The average Bonchev–Trinajstić information content (AvgIpc) is 2.10. The first-order valence-electron chi connectivity index (χ1n) is 4.60. The second kappa shape index (κ2) is 3.65. The molecular formula is C8H13N5O. The molecule has 1 heterocycles. The summed E-state index contributed by atoms with van der Waals surface area (Å²) in [6.07, 6.45) is 3.58. The maximum absolute atomic E-state index is 5.49. The van der Waals surface area contributed by atoms with Gasteiger partial charge in [0.1, 0.15) is 0 Å². The van der Waals surface area contributed by atoms with E-state index in [1.807, 2.05) is 0 Å². The molecule has 6 nitrogen and oxygen atoms in total. The van der Waals surface area contributed by atoms with E-state index in [0.717, 1.165) is 12.8 Å². The van der Waals surface area contributed by atoms with Crippen molar-refractivity contribution in [3.8, 4) is 6.01 Å². The molecule has 2 rings (SSSR count). The van der Waals surface area contributed by atoms with E-state index in [0.29, 0.717) is 12.0 Å². The van der Waals surface area contributed by atoms with Crippen LogP contribution in [-0.2, 0) is 0 Å². The Morgan fingerprint density at radius 3 is 2.71 bits per heavy atom. The summed E-state index contributed by atoms with van der Waals surface area (Å²) in [6.45, 7) is 0. The molecule has 0 aliphatic heterocycles. The van der Waals surface area contributed by atoms with Gasteiger partial charge in [0.05, 0.1) is 7.11 Å². The van der Waals surface area contributed by atoms with E-state index in [9.17, 15) is 0 Å². The van der Waals surface area contributed by atoms with E-state index >= 15 is 0 Å². The fraction of sp³-hybridized carbons (Fsp3) is 0.625. The molecule has 14 heavy (non-hydrogen) atoms. The molecule has 0 amide bonds. The number of nitrogen functional groups attached to an aromatic ring is 1. The van der Waals surface area contributed by atoms with E-state index in [2.05, 4.69) is 20.3 Å². The Labute approximate surface area is 81.9 Å². The predicted octanol–water partition coefficient (Wildman–Crippen LogP) is 0.427. The summed E-state index contributed by atoms with van der Waals surface area (Å²) in [7, 11) is 1.50. The number of ether oxygens (including phenoxy) is 1. The van der Waals surface area contributed by atoms with Crippen molar-refractivity contribution in [1.82, 2.24) is 15.0 Å². The Morgan fingerprint density at radius 2 is 2.14 bits per heavy atom. The van der Waals surface area contributed by atoms with Gasteiger partial charge in [-0.2, -0.15) is 15.0 Å². The van der Waals surface area contributed by atoms with Crippen LogP contribution in [0.2, 0.25) is 0 Å². The van der Waals surface area contributed by atoms with Gasteiger partial charge in [0, 0.05) is 6.04 Å². The quantitative estimate of drug-likeness (QED) is 0.727. The zero-order valence-corrected chi connectivity index (χ0v) is 8.03. The normalized spacial score (nSPS) is 16.1. The van der Waals surface area contributed by atoms with Crippen molar-refractivity contribution in [1.29, 1.82) is 0 Å². The Kier molecular flexibility index (Phi) is 2.34. The molecule has 3 N–H and O–H groups in total. The summed E-state index contributed by atoms with van der Waals surface area (Å²) in [5, 5.41) is 3.17. The summed E-state index contributed by atoms with van der Waals surface area (Å²) in [4.78, 5) is 11.8. The average molecular weight is 195 g/mol. The summed E-state index contributed by atoms with van der Waals surface area (Å²) in [6, 6.07) is 0.723. The smallest absolute Gasteiger partial charge is 0.322 e. The number of hydrogen-bond acceptors (Lipinski definition) is 6. The molecule has 0 aromatic carbocycles. The van der Waals surface area contributed by atoms with Crippen molar-refractivity contribution in [2.45, 2.75) is 25.3 Å². The third-order valence-electron chi connectivity index (χ3n) is 2.25. The van der Waals surface area contributed by atoms with Crippen molar-refractivity contribution in [3.63, 3.8) is 0 Å². The molecule has 0 saturated heterocycles. The Balaban J connectivity index is 2.11. The molecule has 76 valence electrons. The van der Waals surface area contributed by atoms with Crippen LogP contribution in [0.25, 0.3) is 0 Å². The number of aromatic nitrogens is 3. The number of anilines is 2. The molecule has 1 aromatic heterocycles. The molecular weight excluding hydrogens is 182 g/mol. The fourth-order valence-corrected chi connectivity index (χ4v) is 1.26. The number of nitrogens with two attached hydrogens (primary N) is 1. The molecule has 0 radical (unpaired) electrons. The Hall–Kier alpha value is -1.59. The lowest BCUT2D eigenvalue weighted by atomic mass is 9.93. The number of hydrogen-bond donors (Lipinski definition) is 2. The van der Waals surface area contributed by atoms with E-state index in [1.165, 1.54) is 13.5 Å². The second-order valence-corrected chi connectivity index (χ2v) is 3.28. The van der Waals surface area contributed by atoms with Crippen LogP contribution in [0, 0.1) is 0 Å². The summed E-state index contributed by atoms with van der Waals surface area (Å²) in [5.41, 5.74) is 5.49. The number of nitrogens with zero attached hydrogens (tertiary/aromatic N) is 3. The topological polar surface area (TPSA) is 86.0 Å². The first-order valence-corrected chi connectivity index (χ1v) is 4.60. The molecule has 1 saturated carbocycles. The monoisotopic (exact) mass is 195 g/mol. The number of nitrogens with one attached hydrogen (secondary N) is 1. The maximum atomic E-state index is 5.49. The second-order valence-electron chi connectivity index (χ2n) is 3.28. The van der Waals surface area contributed by atoms with Gasteiger partial charge in [-0.15, -0.1) is 0 Å². The van der Waals surface area contributed by atoms with E-state index < -0.39 is 0 Å². The van der Waals surface area contributed by atoms with E-state index in [1.54, 1.807) is 0 Å². The van der Waals surface area contributed by atoms with E-state index in [4.69, 9.17) is 10.5 Å². The van der Waals surface area contributed by atoms with Crippen LogP contribution in [0.3, 0.4) is 0 Å². The fourth-order valence-electron chi connectivity index (χ4n) is 1.26. The first-order chi connectivity index (χ1) is 6.78. The van der Waals surface area contributed by atoms with Gasteiger partial charge in [0.2, 0.25) is 11.9 Å². The zero-order chi connectivity index (χ0) is 9.97. The lowest BCUT2D eigenvalue weighted by molar-refractivity contribution is 0.378. The lowest BCUT2D eigenvalue weighted by Crippen LogP contribution is -2.28. The summed E-state index contributed by atoms with van der Waals surface area (Å²) >= 11 is 0. The van der Waals surface area contributed by atoms with Crippen molar-refractivity contribution in [2.24, 2.45) is 0 Å². The minimum Gasteiger partial charge on any atom is -0.467 e. The van der Waals surface area contributed by atoms with Gasteiger partial charge in [0.25, 0.3) is 0 Å².